The van der Waals surface area contributed by atoms with Crippen molar-refractivity contribution < 1.29 is 4.74 Å². The summed E-state index contributed by atoms with van der Waals surface area (Å²) in [6, 6.07) is 8.23. The molecule has 1 aromatic carbocycles. The van der Waals surface area contributed by atoms with Gasteiger partial charge in [0, 0.05) is 24.2 Å². The van der Waals surface area contributed by atoms with Crippen LogP contribution in [0.25, 0.3) is 10.9 Å². The Bertz CT molecular complexity index is 1190. The fourth-order valence-electron chi connectivity index (χ4n) is 5.32. The third-order valence-electron chi connectivity index (χ3n) is 7.71. The number of benzene rings is 1. The third kappa shape index (κ3) is 5.27. The third-order valence-corrected chi connectivity index (χ3v) is 7.71. The van der Waals surface area contributed by atoms with E-state index in [9.17, 15) is 4.79 Å². The molecular formula is C27H40N6O2. The minimum Gasteiger partial charge on any atom is -0.497 e. The number of methoxy groups -OCH3 is 1. The quantitative estimate of drug-likeness (QED) is 0.453. The van der Waals surface area contributed by atoms with Crippen molar-refractivity contribution in [2.75, 3.05) is 7.11 Å². The number of aromatic amines is 1. The van der Waals surface area contributed by atoms with Crippen LogP contribution in [0.15, 0.2) is 29.1 Å². The molecule has 2 aromatic heterocycles. The summed E-state index contributed by atoms with van der Waals surface area (Å²) >= 11 is 0. The Balaban J connectivity index is 1.78. The number of tetrazole rings is 1. The maximum Gasteiger partial charge on any atom is 0.252 e. The molecule has 1 aliphatic rings. The molecule has 0 bridgehead atoms. The fourth-order valence-corrected chi connectivity index (χ4v) is 5.32. The van der Waals surface area contributed by atoms with Crippen molar-refractivity contribution in [1.29, 1.82) is 0 Å². The Kier molecular flexibility index (Phi) is 7.59. The molecule has 3 aromatic rings. The molecule has 2 heterocycles. The molecule has 8 nitrogen and oxygen atoms in total. The zero-order valence-electron chi connectivity index (χ0n) is 22.0. The average molecular weight is 481 g/mol. The van der Waals surface area contributed by atoms with Gasteiger partial charge >= 0.3 is 0 Å². The first-order valence-corrected chi connectivity index (χ1v) is 13.0. The number of ether oxygens (including phenoxy) is 1. The van der Waals surface area contributed by atoms with E-state index in [0.717, 1.165) is 47.3 Å². The minimum absolute atomic E-state index is 0.00453. The molecule has 0 unspecified atom stereocenters. The Morgan fingerprint density at radius 3 is 2.60 bits per heavy atom. The van der Waals surface area contributed by atoms with E-state index in [0.29, 0.717) is 12.6 Å². The summed E-state index contributed by atoms with van der Waals surface area (Å²) in [5.41, 5.74) is 1.32. The van der Waals surface area contributed by atoms with Crippen LogP contribution in [0.2, 0.25) is 0 Å². The second-order valence-electron chi connectivity index (χ2n) is 10.8. The van der Waals surface area contributed by atoms with E-state index in [4.69, 9.17) is 4.74 Å². The molecule has 1 saturated carbocycles. The molecule has 35 heavy (non-hydrogen) atoms. The molecule has 0 spiro atoms. The molecule has 0 radical (unpaired) electrons. The number of hydrogen-bond donors (Lipinski definition) is 1. The van der Waals surface area contributed by atoms with Crippen molar-refractivity contribution in [2.24, 2.45) is 5.92 Å². The number of nitrogens with zero attached hydrogens (tertiary/aromatic N) is 5. The van der Waals surface area contributed by atoms with E-state index >= 15 is 0 Å². The number of fused-ring (bicyclic) bond motifs is 1. The highest BCUT2D eigenvalue weighted by Gasteiger charge is 2.37. The van der Waals surface area contributed by atoms with Crippen LogP contribution >= 0.6 is 0 Å². The summed E-state index contributed by atoms with van der Waals surface area (Å²) < 4.78 is 7.34. The van der Waals surface area contributed by atoms with Gasteiger partial charge in [-0.05, 0) is 73.0 Å². The number of rotatable bonds is 9. The summed E-state index contributed by atoms with van der Waals surface area (Å²) in [6.45, 7) is 11.5. The topological polar surface area (TPSA) is 88.9 Å². The van der Waals surface area contributed by atoms with Crippen LogP contribution in [0.4, 0.5) is 0 Å². The monoisotopic (exact) mass is 480 g/mol. The Morgan fingerprint density at radius 1 is 1.20 bits per heavy atom. The van der Waals surface area contributed by atoms with Gasteiger partial charge in [0.05, 0.1) is 24.2 Å². The largest absolute Gasteiger partial charge is 0.497 e. The first-order chi connectivity index (χ1) is 16.7. The Labute approximate surface area is 208 Å². The van der Waals surface area contributed by atoms with Crippen molar-refractivity contribution in [3.8, 4) is 5.75 Å². The highest BCUT2D eigenvalue weighted by molar-refractivity contribution is 5.80. The summed E-state index contributed by atoms with van der Waals surface area (Å²) in [5, 5.41) is 14.1. The van der Waals surface area contributed by atoms with Crippen LogP contribution in [0.3, 0.4) is 0 Å². The van der Waals surface area contributed by atoms with Crippen molar-refractivity contribution in [2.45, 2.75) is 97.3 Å². The zero-order chi connectivity index (χ0) is 25.2. The van der Waals surface area contributed by atoms with Gasteiger partial charge in [-0.1, -0.05) is 40.0 Å². The van der Waals surface area contributed by atoms with Gasteiger partial charge in [-0.25, -0.2) is 4.68 Å². The van der Waals surface area contributed by atoms with E-state index in [-0.39, 0.29) is 23.1 Å². The van der Waals surface area contributed by atoms with Crippen LogP contribution in [-0.2, 0) is 12.1 Å². The van der Waals surface area contributed by atoms with Gasteiger partial charge in [0.2, 0.25) is 0 Å². The second-order valence-corrected chi connectivity index (χ2v) is 10.8. The molecule has 0 amide bonds. The molecule has 1 fully saturated rings. The molecular weight excluding hydrogens is 440 g/mol. The van der Waals surface area contributed by atoms with Crippen LogP contribution in [0.5, 0.6) is 5.75 Å². The van der Waals surface area contributed by atoms with Crippen LogP contribution < -0.4 is 10.3 Å². The normalized spacial score (nSPS) is 16.3. The lowest BCUT2D eigenvalue weighted by Gasteiger charge is -2.42. The van der Waals surface area contributed by atoms with E-state index in [2.05, 4.69) is 60.0 Å². The van der Waals surface area contributed by atoms with Crippen LogP contribution in [0.1, 0.15) is 90.6 Å². The number of hydrogen-bond acceptors (Lipinski definition) is 6. The summed E-state index contributed by atoms with van der Waals surface area (Å²) in [4.78, 5) is 18.8. The van der Waals surface area contributed by atoms with Crippen molar-refractivity contribution >= 4 is 10.9 Å². The summed E-state index contributed by atoms with van der Waals surface area (Å²) in [7, 11) is 1.63. The summed E-state index contributed by atoms with van der Waals surface area (Å²) in [6.07, 6.45) is 6.88. The molecule has 0 saturated heterocycles. The average Bonchev–Trinajstić information content (AvgIpc) is 3.34. The predicted molar refractivity (Wildman–Crippen MR) is 139 cm³/mol. The smallest absolute Gasteiger partial charge is 0.252 e. The Morgan fingerprint density at radius 2 is 1.94 bits per heavy atom. The van der Waals surface area contributed by atoms with Gasteiger partial charge in [-0.15, -0.1) is 5.10 Å². The summed E-state index contributed by atoms with van der Waals surface area (Å²) in [5.74, 6) is 1.90. The van der Waals surface area contributed by atoms with E-state index in [1.807, 2.05) is 28.9 Å². The molecule has 1 atom stereocenters. The minimum atomic E-state index is -0.191. The SMILES string of the molecule is CCC(C)(C)n1nnnc1[C@@H](C(C)C)N(Cc1cc2ccc(OC)cc2[nH]c1=O)C1CCCCC1. The van der Waals surface area contributed by atoms with Crippen molar-refractivity contribution in [3.05, 3.63) is 46.0 Å². The highest BCUT2D eigenvalue weighted by atomic mass is 16.5. The predicted octanol–water partition coefficient (Wildman–Crippen LogP) is 5.20. The van der Waals surface area contributed by atoms with E-state index in [1.54, 1.807) is 7.11 Å². The zero-order valence-corrected chi connectivity index (χ0v) is 22.0. The highest BCUT2D eigenvalue weighted by Crippen LogP contribution is 2.37. The maximum atomic E-state index is 13.2. The number of H-pyrrole nitrogens is 1. The molecule has 4 rings (SSSR count). The van der Waals surface area contributed by atoms with E-state index < -0.39 is 0 Å². The lowest BCUT2D eigenvalue weighted by atomic mass is 9.89. The number of aromatic nitrogens is 5. The lowest BCUT2D eigenvalue weighted by molar-refractivity contribution is 0.0572. The number of nitrogens with one attached hydrogen (secondary N) is 1. The van der Waals surface area contributed by atoms with Gasteiger partial charge < -0.3 is 9.72 Å². The standard InChI is InChI=1S/C27H40N6O2/c1-7-27(4,5)33-25(29-30-31-33)24(18(2)3)32(21-11-9-8-10-12-21)17-20-15-19-13-14-22(35-6)16-23(19)28-26(20)34/h13-16,18,21,24H,7-12,17H2,1-6H3,(H,28,34)/t24-/m1/s1. The molecule has 1 N–H and O–H groups in total. The molecule has 1 aliphatic carbocycles. The maximum absolute atomic E-state index is 13.2. The molecule has 0 aliphatic heterocycles. The molecule has 8 heteroatoms. The number of pyridine rings is 1. The van der Waals surface area contributed by atoms with Gasteiger partial charge in [0.25, 0.3) is 5.56 Å². The van der Waals surface area contributed by atoms with E-state index in [1.165, 1.54) is 19.3 Å². The van der Waals surface area contributed by atoms with Gasteiger partial charge in [-0.2, -0.15) is 0 Å². The van der Waals surface area contributed by atoms with Crippen molar-refractivity contribution in [3.63, 3.8) is 0 Å². The van der Waals surface area contributed by atoms with Crippen LogP contribution in [0, 0.1) is 5.92 Å². The Hall–Kier alpha value is -2.74. The molecule has 190 valence electrons. The van der Waals surface area contributed by atoms with Gasteiger partial charge in [0.1, 0.15) is 5.75 Å². The van der Waals surface area contributed by atoms with Gasteiger partial charge in [-0.3, -0.25) is 9.69 Å². The second kappa shape index (κ2) is 10.5. The van der Waals surface area contributed by atoms with Gasteiger partial charge in [0.15, 0.2) is 5.82 Å². The first kappa shape index (κ1) is 25.4. The lowest BCUT2D eigenvalue weighted by Crippen LogP contribution is -2.44. The van der Waals surface area contributed by atoms with Crippen LogP contribution in [-0.4, -0.2) is 43.2 Å². The first-order valence-electron chi connectivity index (χ1n) is 13.0. The van der Waals surface area contributed by atoms with Crippen molar-refractivity contribution in [1.82, 2.24) is 30.1 Å². The fraction of sp³-hybridized carbons (Fsp3) is 0.630.